The Bertz CT molecular complexity index is 739. The van der Waals surface area contributed by atoms with E-state index < -0.39 is 16.5 Å². The molecule has 0 radical (unpaired) electrons. The molecule has 0 aliphatic carbocycles. The van der Waals surface area contributed by atoms with E-state index in [1.165, 1.54) is 0 Å². The van der Waals surface area contributed by atoms with Crippen LogP contribution < -0.4 is 4.90 Å². The maximum Gasteiger partial charge on any atom is 0.326 e. The third-order valence-corrected chi connectivity index (χ3v) is 5.72. The third kappa shape index (κ3) is 4.68. The monoisotopic (exact) mass is 390 g/mol. The van der Waals surface area contributed by atoms with Crippen molar-refractivity contribution in [2.24, 2.45) is 0 Å². The lowest BCUT2D eigenvalue weighted by atomic mass is 10.1. The van der Waals surface area contributed by atoms with Crippen LogP contribution in [-0.4, -0.2) is 59.3 Å². The van der Waals surface area contributed by atoms with Crippen LogP contribution in [-0.2, 0) is 25.5 Å². The summed E-state index contributed by atoms with van der Waals surface area (Å²) in [5.74, 6) is -0.627. The molecule has 27 heavy (non-hydrogen) atoms. The second kappa shape index (κ2) is 8.56. The van der Waals surface area contributed by atoms with E-state index in [0.29, 0.717) is 25.0 Å². The largest absolute Gasteiger partial charge is 0.465 e. The molecule has 144 valence electrons. The van der Waals surface area contributed by atoms with Crippen LogP contribution in [0.15, 0.2) is 24.3 Å². The number of hydrogen-bond acceptors (Lipinski definition) is 7. The van der Waals surface area contributed by atoms with Crippen LogP contribution in [0.5, 0.6) is 0 Å². The lowest BCUT2D eigenvalue weighted by Crippen LogP contribution is -2.37. The van der Waals surface area contributed by atoms with Crippen molar-refractivity contribution in [2.75, 3.05) is 31.1 Å². The van der Waals surface area contributed by atoms with Gasteiger partial charge in [-0.15, -0.1) is 0 Å². The summed E-state index contributed by atoms with van der Waals surface area (Å²) in [5.41, 5.74) is 2.00. The molecule has 3 rings (SSSR count). The number of rotatable bonds is 6. The number of anilines is 1. The normalized spacial score (nSPS) is 20.3. The highest BCUT2D eigenvalue weighted by Crippen LogP contribution is 2.30. The Kier molecular flexibility index (Phi) is 6.15. The molecule has 1 unspecified atom stereocenters. The Morgan fingerprint density at radius 3 is 2.44 bits per heavy atom. The Morgan fingerprint density at radius 2 is 1.81 bits per heavy atom. The molecule has 1 aromatic carbocycles. The summed E-state index contributed by atoms with van der Waals surface area (Å²) < 4.78 is 4.81. The van der Waals surface area contributed by atoms with E-state index in [1.54, 1.807) is 6.92 Å². The van der Waals surface area contributed by atoms with Crippen molar-refractivity contribution in [1.82, 2.24) is 4.90 Å². The number of amides is 2. The number of nitrogens with zero attached hydrogens (tertiary/aromatic N) is 2. The van der Waals surface area contributed by atoms with Gasteiger partial charge in [-0.25, -0.2) is 0 Å². The Morgan fingerprint density at radius 1 is 1.15 bits per heavy atom. The number of hydrogen-bond donors (Lipinski definition) is 0. The summed E-state index contributed by atoms with van der Waals surface area (Å²) in [6.45, 7) is 3.01. The first kappa shape index (κ1) is 19.4. The highest BCUT2D eigenvalue weighted by atomic mass is 32.2. The molecule has 2 amide bonds. The van der Waals surface area contributed by atoms with E-state index in [4.69, 9.17) is 4.74 Å². The molecule has 0 saturated carbocycles. The van der Waals surface area contributed by atoms with E-state index in [0.717, 1.165) is 41.0 Å². The van der Waals surface area contributed by atoms with Crippen molar-refractivity contribution in [2.45, 2.75) is 31.4 Å². The number of Topliss-reactive ketones (excluding diaryl/α,β-unsaturated/α-hetero) is 1. The zero-order chi connectivity index (χ0) is 19.4. The van der Waals surface area contributed by atoms with Gasteiger partial charge in [0, 0.05) is 31.6 Å². The molecule has 0 spiro atoms. The number of esters is 1. The SMILES string of the molecule is CCOC(=O)CN1C(=O)SC(Cc2ccc(N3CCC(=O)CC3)cc2)C1=O. The van der Waals surface area contributed by atoms with Crippen LogP contribution in [0, 0.1) is 0 Å². The van der Waals surface area contributed by atoms with E-state index in [1.807, 2.05) is 24.3 Å². The molecule has 0 bridgehead atoms. The minimum atomic E-state index is -0.579. The number of ketones is 1. The van der Waals surface area contributed by atoms with Gasteiger partial charge in [0.25, 0.3) is 5.24 Å². The second-order valence-corrected chi connectivity index (χ2v) is 7.65. The number of imide groups is 1. The van der Waals surface area contributed by atoms with Crippen LogP contribution in [0.2, 0.25) is 0 Å². The molecule has 0 N–H and O–H groups in total. The molecular formula is C19H22N2O5S. The van der Waals surface area contributed by atoms with Crippen molar-refractivity contribution >= 4 is 40.3 Å². The summed E-state index contributed by atoms with van der Waals surface area (Å²) in [6.07, 6.45) is 1.58. The van der Waals surface area contributed by atoms with Crippen molar-refractivity contribution < 1.29 is 23.9 Å². The molecule has 8 heteroatoms. The summed E-state index contributed by atoms with van der Waals surface area (Å²) in [7, 11) is 0. The molecule has 2 heterocycles. The van der Waals surface area contributed by atoms with Crippen LogP contribution >= 0.6 is 11.8 Å². The van der Waals surface area contributed by atoms with Gasteiger partial charge in [0.05, 0.1) is 11.9 Å². The molecule has 2 aliphatic heterocycles. The van der Waals surface area contributed by atoms with Crippen molar-refractivity contribution in [1.29, 1.82) is 0 Å². The van der Waals surface area contributed by atoms with Crippen LogP contribution in [0.25, 0.3) is 0 Å². The lowest BCUT2D eigenvalue weighted by Gasteiger charge is -2.28. The zero-order valence-corrected chi connectivity index (χ0v) is 16.0. The fourth-order valence-corrected chi connectivity index (χ4v) is 4.21. The number of ether oxygens (including phenoxy) is 1. The number of piperidine rings is 1. The summed E-state index contributed by atoms with van der Waals surface area (Å²) in [5, 5.41) is -0.932. The quantitative estimate of drug-likeness (QED) is 0.687. The van der Waals surface area contributed by atoms with Gasteiger partial charge in [-0.2, -0.15) is 0 Å². The topological polar surface area (TPSA) is 84.0 Å². The standard InChI is InChI=1S/C19H22N2O5S/c1-2-26-17(23)12-21-18(24)16(27-19(21)25)11-13-3-5-14(6-4-13)20-9-7-15(22)8-10-20/h3-6,16H,2,7-12H2,1H3. The predicted molar refractivity (Wildman–Crippen MR) is 102 cm³/mol. The van der Waals surface area contributed by atoms with Gasteiger partial charge in [-0.3, -0.25) is 24.1 Å². The molecule has 2 saturated heterocycles. The van der Waals surface area contributed by atoms with Gasteiger partial charge in [-0.05, 0) is 31.0 Å². The van der Waals surface area contributed by atoms with Gasteiger partial charge < -0.3 is 9.64 Å². The van der Waals surface area contributed by atoms with Gasteiger partial charge in [0.2, 0.25) is 5.91 Å². The maximum absolute atomic E-state index is 12.4. The molecule has 1 aromatic rings. The number of carbonyl (C=O) groups excluding carboxylic acids is 4. The first-order valence-corrected chi connectivity index (χ1v) is 9.89. The van der Waals surface area contributed by atoms with Crippen molar-refractivity contribution in [3.8, 4) is 0 Å². The molecule has 1 atom stereocenters. The second-order valence-electron chi connectivity index (χ2n) is 6.50. The molecule has 2 fully saturated rings. The Hall–Kier alpha value is -2.35. The lowest BCUT2D eigenvalue weighted by molar-refractivity contribution is -0.146. The number of benzene rings is 1. The fraction of sp³-hybridized carbons (Fsp3) is 0.474. The maximum atomic E-state index is 12.4. The predicted octanol–water partition coefficient (Wildman–Crippen LogP) is 2.03. The number of thioether (sulfide) groups is 1. The van der Waals surface area contributed by atoms with Crippen LogP contribution in [0.1, 0.15) is 25.3 Å². The highest BCUT2D eigenvalue weighted by Gasteiger charge is 2.40. The zero-order valence-electron chi connectivity index (χ0n) is 15.2. The van der Waals surface area contributed by atoms with E-state index >= 15 is 0 Å². The minimum Gasteiger partial charge on any atom is -0.465 e. The average molecular weight is 390 g/mol. The van der Waals surface area contributed by atoms with E-state index in [-0.39, 0.29) is 19.1 Å². The Balaban J connectivity index is 1.59. The first-order chi connectivity index (χ1) is 13.0. The van der Waals surface area contributed by atoms with Gasteiger partial charge in [-0.1, -0.05) is 23.9 Å². The van der Waals surface area contributed by atoms with Crippen LogP contribution in [0.3, 0.4) is 0 Å². The van der Waals surface area contributed by atoms with Crippen molar-refractivity contribution in [3.63, 3.8) is 0 Å². The minimum absolute atomic E-state index is 0.211. The first-order valence-electron chi connectivity index (χ1n) is 9.01. The Labute approximate surface area is 162 Å². The molecule has 7 nitrogen and oxygen atoms in total. The van der Waals surface area contributed by atoms with Gasteiger partial charge in [0.15, 0.2) is 0 Å². The molecular weight excluding hydrogens is 368 g/mol. The molecule has 0 aromatic heterocycles. The number of carbonyl (C=O) groups is 4. The van der Waals surface area contributed by atoms with Gasteiger partial charge >= 0.3 is 5.97 Å². The summed E-state index contributed by atoms with van der Waals surface area (Å²) in [6, 6.07) is 7.84. The third-order valence-electron chi connectivity index (χ3n) is 4.64. The van der Waals surface area contributed by atoms with E-state index in [2.05, 4.69) is 4.90 Å². The van der Waals surface area contributed by atoms with E-state index in [9.17, 15) is 19.2 Å². The smallest absolute Gasteiger partial charge is 0.326 e. The van der Waals surface area contributed by atoms with Gasteiger partial charge in [0.1, 0.15) is 12.3 Å². The molecule has 2 aliphatic rings. The highest BCUT2D eigenvalue weighted by molar-refractivity contribution is 8.15. The van der Waals surface area contributed by atoms with Crippen LogP contribution in [0.4, 0.5) is 10.5 Å². The average Bonchev–Trinajstić information content (AvgIpc) is 2.91. The summed E-state index contributed by atoms with van der Waals surface area (Å²) >= 11 is 0.951. The fourth-order valence-electron chi connectivity index (χ4n) is 3.18. The summed E-state index contributed by atoms with van der Waals surface area (Å²) in [4.78, 5) is 50.5. The van der Waals surface area contributed by atoms with Crippen molar-refractivity contribution in [3.05, 3.63) is 29.8 Å².